The molecule has 0 aliphatic rings. The largest absolute Gasteiger partial charge is 0.303 e. The highest BCUT2D eigenvalue weighted by atomic mass is 16.1. The fraction of sp³-hybridized carbons (Fsp3) is 0.467. The zero-order chi connectivity index (χ0) is 14.3. The van der Waals surface area contributed by atoms with Crippen LogP contribution in [0.3, 0.4) is 0 Å². The van der Waals surface area contributed by atoms with Crippen molar-refractivity contribution in [2.24, 2.45) is 0 Å². The lowest BCUT2D eigenvalue weighted by molar-refractivity contribution is -0.108. The highest BCUT2D eigenvalue weighted by Crippen LogP contribution is 2.09. The summed E-state index contributed by atoms with van der Waals surface area (Å²) < 4.78 is 0. The Balaban J connectivity index is 4.13. The summed E-state index contributed by atoms with van der Waals surface area (Å²) in [6, 6.07) is 0. The van der Waals surface area contributed by atoms with Gasteiger partial charge in [0.2, 0.25) is 0 Å². The summed E-state index contributed by atoms with van der Waals surface area (Å²) in [7, 11) is 0. The molecule has 104 valence electrons. The van der Waals surface area contributed by atoms with Gasteiger partial charge in [0.05, 0.1) is 0 Å². The van der Waals surface area contributed by atoms with E-state index >= 15 is 0 Å². The minimum absolute atomic E-state index is 0.340. The quantitative estimate of drug-likeness (QED) is 0.308. The lowest BCUT2D eigenvalue weighted by atomic mass is 10.1. The minimum Gasteiger partial charge on any atom is -0.303 e. The molecule has 0 aromatic rings. The molecule has 4 heteroatoms. The Labute approximate surface area is 113 Å². The van der Waals surface area contributed by atoms with Gasteiger partial charge in [-0.2, -0.15) is 0 Å². The second-order valence-corrected chi connectivity index (χ2v) is 4.14. The summed E-state index contributed by atoms with van der Waals surface area (Å²) in [4.78, 5) is 41.8. The zero-order valence-electron chi connectivity index (χ0n) is 11.0. The molecule has 0 amide bonds. The lowest BCUT2D eigenvalue weighted by Gasteiger charge is -1.99. The van der Waals surface area contributed by atoms with Crippen LogP contribution in [-0.2, 0) is 19.2 Å². The van der Waals surface area contributed by atoms with Crippen LogP contribution in [0.5, 0.6) is 0 Å². The van der Waals surface area contributed by atoms with Crippen LogP contribution in [0.25, 0.3) is 0 Å². The molecule has 0 atom stereocenters. The number of carbonyl (C=O) groups is 4. The minimum atomic E-state index is 0.340. The summed E-state index contributed by atoms with van der Waals surface area (Å²) in [6.07, 6.45) is 10.7. The van der Waals surface area contributed by atoms with Gasteiger partial charge in [-0.05, 0) is 43.3 Å². The SMILES string of the molecule is O=CCCCC=C(C=O)CC/C=C(/C=O)CCC=O. The Morgan fingerprint density at radius 3 is 1.68 bits per heavy atom. The summed E-state index contributed by atoms with van der Waals surface area (Å²) >= 11 is 0. The molecule has 0 aliphatic carbocycles. The van der Waals surface area contributed by atoms with E-state index in [9.17, 15) is 19.2 Å². The molecular formula is C15H20O4. The van der Waals surface area contributed by atoms with Crippen LogP contribution in [0.4, 0.5) is 0 Å². The van der Waals surface area contributed by atoms with E-state index in [2.05, 4.69) is 0 Å². The molecule has 0 fully saturated rings. The van der Waals surface area contributed by atoms with Gasteiger partial charge < -0.3 is 9.59 Å². The molecule has 4 nitrogen and oxygen atoms in total. The maximum atomic E-state index is 10.8. The number of allylic oxidation sites excluding steroid dienone is 4. The summed E-state index contributed by atoms with van der Waals surface area (Å²) in [5, 5.41) is 0. The van der Waals surface area contributed by atoms with Gasteiger partial charge in [0.15, 0.2) is 0 Å². The molecule has 0 unspecified atom stereocenters. The second kappa shape index (κ2) is 12.6. The maximum Gasteiger partial charge on any atom is 0.145 e. The van der Waals surface area contributed by atoms with Gasteiger partial charge in [-0.1, -0.05) is 12.2 Å². The molecule has 0 aliphatic heterocycles. The monoisotopic (exact) mass is 264 g/mol. The highest BCUT2D eigenvalue weighted by molar-refractivity contribution is 5.74. The van der Waals surface area contributed by atoms with Gasteiger partial charge in [-0.25, -0.2) is 0 Å². The first-order valence-corrected chi connectivity index (χ1v) is 6.44. The number of unbranched alkanes of at least 4 members (excludes halogenated alkanes) is 2. The molecular weight excluding hydrogens is 244 g/mol. The number of hydrogen-bond acceptors (Lipinski definition) is 4. The van der Waals surface area contributed by atoms with Crippen molar-refractivity contribution < 1.29 is 19.2 Å². The average Bonchev–Trinajstić information content (AvgIpc) is 2.44. The van der Waals surface area contributed by atoms with Crippen molar-refractivity contribution in [3.8, 4) is 0 Å². The van der Waals surface area contributed by atoms with E-state index < -0.39 is 0 Å². The van der Waals surface area contributed by atoms with Crippen LogP contribution in [0, 0.1) is 0 Å². The molecule has 0 saturated carbocycles. The van der Waals surface area contributed by atoms with Crippen LogP contribution < -0.4 is 0 Å². The second-order valence-electron chi connectivity index (χ2n) is 4.14. The van der Waals surface area contributed by atoms with E-state index in [1.54, 1.807) is 6.08 Å². The molecule has 0 rings (SSSR count). The van der Waals surface area contributed by atoms with Crippen LogP contribution in [0.1, 0.15) is 44.9 Å². The van der Waals surface area contributed by atoms with E-state index in [1.807, 2.05) is 6.08 Å². The summed E-state index contributed by atoms with van der Waals surface area (Å²) in [5.41, 5.74) is 1.28. The van der Waals surface area contributed by atoms with Gasteiger partial charge in [0.25, 0.3) is 0 Å². The van der Waals surface area contributed by atoms with Crippen LogP contribution in [0.2, 0.25) is 0 Å². The Kier molecular flexibility index (Phi) is 11.4. The molecule has 0 aromatic carbocycles. The number of hydrogen-bond donors (Lipinski definition) is 0. The molecule has 19 heavy (non-hydrogen) atoms. The Hall–Kier alpha value is -1.84. The highest BCUT2D eigenvalue weighted by Gasteiger charge is 1.97. The van der Waals surface area contributed by atoms with Crippen LogP contribution >= 0.6 is 0 Å². The average molecular weight is 264 g/mol. The molecule has 0 heterocycles. The molecule has 0 spiro atoms. The third-order valence-corrected chi connectivity index (χ3v) is 2.63. The van der Waals surface area contributed by atoms with Crippen molar-refractivity contribution in [2.45, 2.75) is 44.9 Å². The van der Waals surface area contributed by atoms with Gasteiger partial charge in [-0.3, -0.25) is 9.59 Å². The molecule has 0 bridgehead atoms. The van der Waals surface area contributed by atoms with Gasteiger partial charge in [0, 0.05) is 12.8 Å². The number of carbonyl (C=O) groups excluding carboxylic acids is 4. The van der Waals surface area contributed by atoms with Crippen molar-refractivity contribution in [2.75, 3.05) is 0 Å². The predicted octanol–water partition coefficient (Wildman–Crippen LogP) is 2.37. The van der Waals surface area contributed by atoms with Gasteiger partial charge in [0.1, 0.15) is 25.1 Å². The van der Waals surface area contributed by atoms with Crippen molar-refractivity contribution >= 4 is 25.1 Å². The number of rotatable bonds is 12. The van der Waals surface area contributed by atoms with Crippen molar-refractivity contribution in [3.05, 3.63) is 23.3 Å². The first-order valence-electron chi connectivity index (χ1n) is 6.44. The molecule has 0 radical (unpaired) electrons. The van der Waals surface area contributed by atoms with Gasteiger partial charge in [-0.15, -0.1) is 0 Å². The van der Waals surface area contributed by atoms with Crippen LogP contribution in [0.15, 0.2) is 23.3 Å². The van der Waals surface area contributed by atoms with E-state index in [0.29, 0.717) is 49.7 Å². The smallest absolute Gasteiger partial charge is 0.145 e. The van der Waals surface area contributed by atoms with E-state index in [1.165, 1.54) is 0 Å². The maximum absolute atomic E-state index is 10.8. The fourth-order valence-corrected chi connectivity index (χ4v) is 1.56. The predicted molar refractivity (Wildman–Crippen MR) is 72.7 cm³/mol. The van der Waals surface area contributed by atoms with Crippen molar-refractivity contribution in [1.82, 2.24) is 0 Å². The zero-order valence-corrected chi connectivity index (χ0v) is 11.0. The van der Waals surface area contributed by atoms with Crippen molar-refractivity contribution in [3.63, 3.8) is 0 Å². The fourth-order valence-electron chi connectivity index (χ4n) is 1.56. The first kappa shape index (κ1) is 17.2. The molecule has 0 aromatic heterocycles. The third kappa shape index (κ3) is 9.83. The van der Waals surface area contributed by atoms with Gasteiger partial charge >= 0.3 is 0 Å². The summed E-state index contributed by atoms with van der Waals surface area (Å²) in [5.74, 6) is 0. The Bertz CT molecular complexity index is 353. The molecule has 0 N–H and O–H groups in total. The summed E-state index contributed by atoms with van der Waals surface area (Å²) in [6.45, 7) is 0. The number of aldehydes is 4. The van der Waals surface area contributed by atoms with E-state index in [4.69, 9.17) is 0 Å². The normalized spacial score (nSPS) is 12.0. The lowest BCUT2D eigenvalue weighted by Crippen LogP contribution is -1.89. The standard InChI is InChI=1S/C15H20O4/c16-10-3-1-2-6-14(12-18)7-4-8-15(13-19)9-5-11-17/h6,8,10-13H,1-5,7,9H2/b14-6?,15-8+. The van der Waals surface area contributed by atoms with E-state index in [-0.39, 0.29) is 0 Å². The molecule has 0 saturated heterocycles. The Morgan fingerprint density at radius 2 is 1.16 bits per heavy atom. The van der Waals surface area contributed by atoms with Crippen LogP contribution in [-0.4, -0.2) is 25.1 Å². The topological polar surface area (TPSA) is 68.3 Å². The Morgan fingerprint density at radius 1 is 0.632 bits per heavy atom. The first-order chi connectivity index (χ1) is 9.28. The van der Waals surface area contributed by atoms with Crippen molar-refractivity contribution in [1.29, 1.82) is 0 Å². The van der Waals surface area contributed by atoms with E-state index in [0.717, 1.165) is 31.6 Å². The third-order valence-electron chi connectivity index (χ3n) is 2.63.